The van der Waals surface area contributed by atoms with Gasteiger partial charge in [0.1, 0.15) is 11.5 Å². The Hall–Kier alpha value is -2.28. The molecule has 0 saturated heterocycles. The molecule has 0 atom stereocenters. The third-order valence-electron chi connectivity index (χ3n) is 4.46. The first-order valence-electron chi connectivity index (χ1n) is 8.87. The molecule has 26 heavy (non-hydrogen) atoms. The molecule has 0 aliphatic heterocycles. The fraction of sp³-hybridized carbons (Fsp3) is 0.421. The van der Waals surface area contributed by atoms with Gasteiger partial charge in [0.2, 0.25) is 5.91 Å². The van der Waals surface area contributed by atoms with Crippen molar-refractivity contribution in [2.45, 2.75) is 44.6 Å². The van der Waals surface area contributed by atoms with Crippen LogP contribution in [0, 0.1) is 5.82 Å². The SMILES string of the molecule is O=C(CNC(=O)c1csc(Cc2ccccc2F)n1)NC1CCCCC1. The van der Waals surface area contributed by atoms with Gasteiger partial charge in [0, 0.05) is 17.8 Å². The second-order valence-corrected chi connectivity index (χ2v) is 7.42. The number of thiazole rings is 1. The lowest BCUT2D eigenvalue weighted by Gasteiger charge is -2.22. The van der Waals surface area contributed by atoms with E-state index < -0.39 is 0 Å². The number of hydrogen-bond donors (Lipinski definition) is 2. The normalized spacial score (nSPS) is 14.8. The predicted molar refractivity (Wildman–Crippen MR) is 98.7 cm³/mol. The van der Waals surface area contributed by atoms with Crippen molar-refractivity contribution in [3.63, 3.8) is 0 Å². The lowest BCUT2D eigenvalue weighted by Crippen LogP contribution is -2.42. The molecule has 0 radical (unpaired) electrons. The van der Waals surface area contributed by atoms with Gasteiger partial charge in [-0.3, -0.25) is 9.59 Å². The summed E-state index contributed by atoms with van der Waals surface area (Å²) in [6.45, 7) is -0.0600. The summed E-state index contributed by atoms with van der Waals surface area (Å²) < 4.78 is 13.7. The van der Waals surface area contributed by atoms with Gasteiger partial charge in [0.05, 0.1) is 11.6 Å². The number of carbonyl (C=O) groups excluding carboxylic acids is 2. The van der Waals surface area contributed by atoms with Gasteiger partial charge >= 0.3 is 0 Å². The van der Waals surface area contributed by atoms with E-state index >= 15 is 0 Å². The summed E-state index contributed by atoms with van der Waals surface area (Å²) >= 11 is 1.30. The molecule has 1 aromatic heterocycles. The lowest BCUT2D eigenvalue weighted by molar-refractivity contribution is -0.121. The van der Waals surface area contributed by atoms with Crippen LogP contribution < -0.4 is 10.6 Å². The summed E-state index contributed by atoms with van der Waals surface area (Å²) in [6, 6.07) is 6.73. The van der Waals surface area contributed by atoms with Crippen molar-refractivity contribution in [1.29, 1.82) is 0 Å². The summed E-state index contributed by atoms with van der Waals surface area (Å²) in [4.78, 5) is 28.3. The van der Waals surface area contributed by atoms with Gasteiger partial charge in [0.15, 0.2) is 0 Å². The van der Waals surface area contributed by atoms with Crippen LogP contribution in [0.2, 0.25) is 0 Å². The zero-order valence-electron chi connectivity index (χ0n) is 14.5. The topological polar surface area (TPSA) is 71.1 Å². The van der Waals surface area contributed by atoms with E-state index in [1.165, 1.54) is 23.8 Å². The Morgan fingerprint density at radius 1 is 1.19 bits per heavy atom. The molecule has 2 aromatic rings. The Bertz CT molecular complexity index is 772. The average Bonchev–Trinajstić information content (AvgIpc) is 3.11. The van der Waals surface area contributed by atoms with Gasteiger partial charge in [-0.2, -0.15) is 0 Å². The first-order chi connectivity index (χ1) is 12.6. The predicted octanol–water partition coefficient (Wildman–Crippen LogP) is 3.05. The van der Waals surface area contributed by atoms with E-state index in [4.69, 9.17) is 0 Å². The molecule has 0 unspecified atom stereocenters. The second-order valence-electron chi connectivity index (χ2n) is 6.48. The van der Waals surface area contributed by atoms with Crippen LogP contribution in [0.25, 0.3) is 0 Å². The van der Waals surface area contributed by atoms with E-state index in [1.807, 2.05) is 0 Å². The Morgan fingerprint density at radius 3 is 2.73 bits per heavy atom. The fourth-order valence-electron chi connectivity index (χ4n) is 3.08. The molecule has 0 bridgehead atoms. The molecular weight excluding hydrogens is 353 g/mol. The van der Waals surface area contributed by atoms with Crippen LogP contribution in [-0.4, -0.2) is 29.4 Å². The minimum Gasteiger partial charge on any atom is -0.352 e. The summed E-state index contributed by atoms with van der Waals surface area (Å²) in [6.07, 6.45) is 5.85. The van der Waals surface area contributed by atoms with Crippen molar-refractivity contribution in [2.24, 2.45) is 0 Å². The van der Waals surface area contributed by atoms with Crippen LogP contribution >= 0.6 is 11.3 Å². The van der Waals surface area contributed by atoms with Gasteiger partial charge < -0.3 is 10.6 Å². The molecule has 1 aromatic carbocycles. The highest BCUT2D eigenvalue weighted by atomic mass is 32.1. The van der Waals surface area contributed by atoms with E-state index in [9.17, 15) is 14.0 Å². The molecular formula is C19H22FN3O2S. The van der Waals surface area contributed by atoms with E-state index in [-0.39, 0.29) is 35.9 Å². The van der Waals surface area contributed by atoms with Crippen LogP contribution in [0.1, 0.15) is 53.2 Å². The molecule has 1 fully saturated rings. The Labute approximate surface area is 156 Å². The number of nitrogens with one attached hydrogen (secondary N) is 2. The largest absolute Gasteiger partial charge is 0.352 e. The van der Waals surface area contributed by atoms with Gasteiger partial charge in [-0.25, -0.2) is 9.37 Å². The zero-order chi connectivity index (χ0) is 18.4. The average molecular weight is 375 g/mol. The minimum atomic E-state index is -0.389. The molecule has 1 aliphatic carbocycles. The molecule has 1 aliphatic rings. The summed E-state index contributed by atoms with van der Waals surface area (Å²) in [5.74, 6) is -0.847. The maximum absolute atomic E-state index is 13.7. The number of carbonyl (C=O) groups is 2. The number of halogens is 1. The maximum Gasteiger partial charge on any atom is 0.271 e. The van der Waals surface area contributed by atoms with E-state index in [2.05, 4.69) is 15.6 Å². The Balaban J connectivity index is 1.48. The van der Waals surface area contributed by atoms with Crippen molar-refractivity contribution in [3.05, 3.63) is 51.7 Å². The third kappa shape index (κ3) is 5.11. The van der Waals surface area contributed by atoms with Gasteiger partial charge in [-0.1, -0.05) is 37.5 Å². The third-order valence-corrected chi connectivity index (χ3v) is 5.31. The molecule has 5 nitrogen and oxygen atoms in total. The first kappa shape index (κ1) is 18.5. The molecule has 1 saturated carbocycles. The molecule has 2 amide bonds. The molecule has 7 heteroatoms. The number of benzene rings is 1. The lowest BCUT2D eigenvalue weighted by atomic mass is 9.95. The van der Waals surface area contributed by atoms with Crippen LogP contribution in [0.4, 0.5) is 4.39 Å². The monoisotopic (exact) mass is 375 g/mol. The molecule has 0 spiro atoms. The fourth-order valence-corrected chi connectivity index (χ4v) is 3.88. The van der Waals surface area contributed by atoms with Crippen molar-refractivity contribution in [1.82, 2.24) is 15.6 Å². The van der Waals surface area contributed by atoms with Crippen LogP contribution in [0.3, 0.4) is 0 Å². The number of aromatic nitrogens is 1. The Kier molecular flexibility index (Phi) is 6.33. The second kappa shape index (κ2) is 8.89. The van der Waals surface area contributed by atoms with Crippen molar-refractivity contribution in [2.75, 3.05) is 6.54 Å². The van der Waals surface area contributed by atoms with Crippen LogP contribution in [-0.2, 0) is 11.2 Å². The van der Waals surface area contributed by atoms with Gasteiger partial charge in [-0.05, 0) is 24.5 Å². The smallest absolute Gasteiger partial charge is 0.271 e. The van der Waals surface area contributed by atoms with E-state index in [1.54, 1.807) is 23.6 Å². The zero-order valence-corrected chi connectivity index (χ0v) is 15.3. The Morgan fingerprint density at radius 2 is 1.96 bits per heavy atom. The number of rotatable bonds is 6. The number of amides is 2. The first-order valence-corrected chi connectivity index (χ1v) is 9.75. The van der Waals surface area contributed by atoms with Crippen molar-refractivity contribution >= 4 is 23.2 Å². The maximum atomic E-state index is 13.7. The summed E-state index contributed by atoms with van der Waals surface area (Å²) in [5, 5.41) is 7.84. The standard InChI is InChI=1S/C19H22FN3O2S/c20-15-9-5-4-6-13(15)10-18-23-16(12-26-18)19(25)21-11-17(24)22-14-7-2-1-3-8-14/h4-6,9,12,14H,1-3,7-8,10-11H2,(H,21,25)(H,22,24). The molecule has 3 rings (SSSR count). The van der Waals surface area contributed by atoms with E-state index in [0.717, 1.165) is 25.7 Å². The summed E-state index contributed by atoms with van der Waals surface area (Å²) in [7, 11) is 0. The van der Waals surface area contributed by atoms with Gasteiger partial charge in [0.25, 0.3) is 5.91 Å². The van der Waals surface area contributed by atoms with Crippen molar-refractivity contribution in [3.8, 4) is 0 Å². The quantitative estimate of drug-likeness (QED) is 0.815. The van der Waals surface area contributed by atoms with Gasteiger partial charge in [-0.15, -0.1) is 11.3 Å². The highest BCUT2D eigenvalue weighted by Gasteiger charge is 2.17. The highest BCUT2D eigenvalue weighted by molar-refractivity contribution is 7.09. The molecule has 138 valence electrons. The summed E-state index contributed by atoms with van der Waals surface area (Å²) in [5.41, 5.74) is 0.799. The van der Waals surface area contributed by atoms with Crippen LogP contribution in [0.15, 0.2) is 29.6 Å². The molecule has 1 heterocycles. The number of hydrogen-bond acceptors (Lipinski definition) is 4. The number of nitrogens with zero attached hydrogens (tertiary/aromatic N) is 1. The van der Waals surface area contributed by atoms with Crippen molar-refractivity contribution < 1.29 is 14.0 Å². The minimum absolute atomic E-state index is 0.0600. The van der Waals surface area contributed by atoms with E-state index in [0.29, 0.717) is 17.0 Å². The highest BCUT2D eigenvalue weighted by Crippen LogP contribution is 2.18. The van der Waals surface area contributed by atoms with Crippen LogP contribution in [0.5, 0.6) is 0 Å². The molecule has 2 N–H and O–H groups in total.